The maximum Gasteiger partial charge on any atom is 0.341 e. The van der Waals surface area contributed by atoms with Crippen molar-refractivity contribution in [1.82, 2.24) is 0 Å². The van der Waals surface area contributed by atoms with Gasteiger partial charge in [0, 0.05) is 23.1 Å². The zero-order valence-electron chi connectivity index (χ0n) is 16.3. The molecule has 1 N–H and O–H groups in total. The van der Waals surface area contributed by atoms with Gasteiger partial charge < -0.3 is 10.1 Å². The summed E-state index contributed by atoms with van der Waals surface area (Å²) in [6, 6.07) is 6.01. The highest BCUT2D eigenvalue weighted by Crippen LogP contribution is 2.40. The number of nitrogens with one attached hydrogen (secondary N) is 1. The van der Waals surface area contributed by atoms with Gasteiger partial charge in [-0.25, -0.2) is 4.79 Å². The molecule has 0 fully saturated rings. The Morgan fingerprint density at radius 2 is 2.21 bits per heavy atom. The summed E-state index contributed by atoms with van der Waals surface area (Å²) in [5.74, 6) is -0.292. The molecule has 0 bridgehead atoms. The van der Waals surface area contributed by atoms with Crippen molar-refractivity contribution in [3.8, 4) is 0 Å². The van der Waals surface area contributed by atoms with E-state index in [0.717, 1.165) is 29.7 Å². The first kappa shape index (κ1) is 20.7. The first-order valence-electron chi connectivity index (χ1n) is 9.44. The third kappa shape index (κ3) is 4.89. The van der Waals surface area contributed by atoms with Crippen molar-refractivity contribution >= 4 is 40.0 Å². The highest BCUT2D eigenvalue weighted by molar-refractivity contribution is 7.17. The first-order valence-corrected chi connectivity index (χ1v) is 10.3. The fourth-order valence-electron chi connectivity index (χ4n) is 3.33. The van der Waals surface area contributed by atoms with Crippen LogP contribution in [0.15, 0.2) is 30.3 Å². The molecule has 7 nitrogen and oxygen atoms in total. The van der Waals surface area contributed by atoms with Crippen molar-refractivity contribution in [3.05, 3.63) is 62.0 Å². The predicted molar refractivity (Wildman–Crippen MR) is 112 cm³/mol. The Bertz CT molecular complexity index is 979. The van der Waals surface area contributed by atoms with Crippen LogP contribution in [0.25, 0.3) is 6.08 Å². The summed E-state index contributed by atoms with van der Waals surface area (Å²) in [6.45, 7) is 4.19. The summed E-state index contributed by atoms with van der Waals surface area (Å²) in [7, 11) is 0. The number of amides is 1. The molecule has 29 heavy (non-hydrogen) atoms. The number of fused-ring (bicyclic) bond motifs is 1. The van der Waals surface area contributed by atoms with E-state index in [9.17, 15) is 19.7 Å². The van der Waals surface area contributed by atoms with E-state index in [2.05, 4.69) is 12.2 Å². The van der Waals surface area contributed by atoms with Crippen LogP contribution < -0.4 is 5.32 Å². The number of hydrogen-bond donors (Lipinski definition) is 1. The minimum absolute atomic E-state index is 0.0443. The van der Waals surface area contributed by atoms with Crippen LogP contribution in [0.3, 0.4) is 0 Å². The molecule has 1 aliphatic carbocycles. The van der Waals surface area contributed by atoms with Gasteiger partial charge in [-0.2, -0.15) is 0 Å². The molecule has 1 aliphatic rings. The number of esters is 1. The first-order chi connectivity index (χ1) is 13.9. The zero-order valence-corrected chi connectivity index (χ0v) is 17.1. The van der Waals surface area contributed by atoms with E-state index in [-0.39, 0.29) is 12.3 Å². The highest BCUT2D eigenvalue weighted by Gasteiger charge is 2.28. The normalized spacial score (nSPS) is 15.7. The minimum Gasteiger partial charge on any atom is -0.462 e. The number of nitrogens with zero attached hydrogens (tertiary/aromatic N) is 1. The fraction of sp³-hybridized carbons (Fsp3) is 0.333. The van der Waals surface area contributed by atoms with E-state index < -0.39 is 16.8 Å². The van der Waals surface area contributed by atoms with Gasteiger partial charge in [-0.05, 0) is 49.3 Å². The molecule has 0 saturated heterocycles. The number of rotatable bonds is 6. The van der Waals surface area contributed by atoms with Crippen LogP contribution in [0.5, 0.6) is 0 Å². The molecule has 0 radical (unpaired) electrons. The van der Waals surface area contributed by atoms with E-state index in [1.807, 2.05) is 0 Å². The lowest BCUT2D eigenvalue weighted by Gasteiger charge is -2.18. The van der Waals surface area contributed by atoms with Crippen LogP contribution >= 0.6 is 11.3 Å². The Balaban J connectivity index is 1.82. The lowest BCUT2D eigenvalue weighted by Crippen LogP contribution is -2.15. The molecule has 3 rings (SSSR count). The molecule has 2 aromatic rings. The van der Waals surface area contributed by atoms with Gasteiger partial charge in [0.15, 0.2) is 0 Å². The predicted octanol–water partition coefficient (Wildman–Crippen LogP) is 4.61. The van der Waals surface area contributed by atoms with Gasteiger partial charge in [-0.3, -0.25) is 14.9 Å². The number of carbonyl (C=O) groups excluding carboxylic acids is 2. The van der Waals surface area contributed by atoms with Crippen molar-refractivity contribution in [2.45, 2.75) is 33.1 Å². The summed E-state index contributed by atoms with van der Waals surface area (Å²) >= 11 is 1.42. The summed E-state index contributed by atoms with van der Waals surface area (Å²) in [4.78, 5) is 36.4. The molecule has 1 heterocycles. The Morgan fingerprint density at radius 3 is 2.93 bits per heavy atom. The largest absolute Gasteiger partial charge is 0.462 e. The topological polar surface area (TPSA) is 98.5 Å². The van der Waals surface area contributed by atoms with E-state index >= 15 is 0 Å². The van der Waals surface area contributed by atoms with Gasteiger partial charge in [0.05, 0.1) is 17.1 Å². The average Bonchev–Trinajstić information content (AvgIpc) is 3.03. The van der Waals surface area contributed by atoms with E-state index in [0.29, 0.717) is 22.0 Å². The number of non-ortho nitro benzene ring substituents is 1. The number of nitro benzene ring substituents is 1. The van der Waals surface area contributed by atoms with Crippen molar-refractivity contribution in [2.75, 3.05) is 11.9 Å². The Hall–Kier alpha value is -3.00. The number of thiophene rings is 1. The maximum atomic E-state index is 12.5. The SMILES string of the molecule is CCOC(=O)c1c(NC(=O)/C=C/c2cccc([N+](=O)[O-])c2)sc2c1CC[C@H](C)C2. The quantitative estimate of drug-likeness (QED) is 0.322. The van der Waals surface area contributed by atoms with E-state index in [4.69, 9.17) is 4.74 Å². The summed E-state index contributed by atoms with van der Waals surface area (Å²) in [5.41, 5.74) is 1.93. The van der Waals surface area contributed by atoms with Crippen molar-refractivity contribution in [3.63, 3.8) is 0 Å². The van der Waals surface area contributed by atoms with Crippen LogP contribution in [0.2, 0.25) is 0 Å². The molecule has 152 valence electrons. The van der Waals surface area contributed by atoms with Gasteiger partial charge in [0.25, 0.3) is 5.69 Å². The zero-order chi connectivity index (χ0) is 21.0. The number of ether oxygens (including phenoxy) is 1. The smallest absolute Gasteiger partial charge is 0.341 e. The number of nitro groups is 1. The molecule has 0 unspecified atom stereocenters. The molecule has 1 atom stereocenters. The number of hydrogen-bond acceptors (Lipinski definition) is 6. The second kappa shape index (κ2) is 9.00. The number of benzene rings is 1. The average molecular weight is 414 g/mol. The summed E-state index contributed by atoms with van der Waals surface area (Å²) in [5, 5.41) is 14.2. The van der Waals surface area contributed by atoms with E-state index in [1.165, 1.54) is 35.6 Å². The Kier molecular flexibility index (Phi) is 6.43. The van der Waals surface area contributed by atoms with E-state index in [1.54, 1.807) is 19.1 Å². The van der Waals surface area contributed by atoms with Crippen LogP contribution in [-0.4, -0.2) is 23.4 Å². The molecule has 1 aromatic heterocycles. The summed E-state index contributed by atoms with van der Waals surface area (Å²) < 4.78 is 5.20. The molecule has 1 aromatic carbocycles. The van der Waals surface area contributed by atoms with Crippen LogP contribution in [0.1, 0.15) is 46.6 Å². The molecule has 0 aliphatic heterocycles. The molecule has 8 heteroatoms. The monoisotopic (exact) mass is 414 g/mol. The van der Waals surface area contributed by atoms with Crippen molar-refractivity contribution < 1.29 is 19.2 Å². The second-order valence-corrected chi connectivity index (χ2v) is 8.06. The van der Waals surface area contributed by atoms with Gasteiger partial charge in [0.1, 0.15) is 5.00 Å². The maximum absolute atomic E-state index is 12.5. The summed E-state index contributed by atoms with van der Waals surface area (Å²) in [6.07, 6.45) is 5.47. The molecular formula is C21H22N2O5S. The molecular weight excluding hydrogens is 392 g/mol. The standard InChI is InChI=1S/C21H22N2O5S/c1-3-28-21(25)19-16-9-7-13(2)11-17(16)29-20(19)22-18(24)10-8-14-5-4-6-15(12-14)23(26)27/h4-6,8,10,12-13H,3,7,9,11H2,1-2H3,(H,22,24)/b10-8+/t13-/m0/s1. The number of carbonyl (C=O) groups is 2. The molecule has 1 amide bonds. The minimum atomic E-state index is -0.486. The van der Waals surface area contributed by atoms with Crippen LogP contribution in [0, 0.1) is 16.0 Å². The third-order valence-electron chi connectivity index (χ3n) is 4.74. The van der Waals surface area contributed by atoms with Crippen LogP contribution in [0.4, 0.5) is 10.7 Å². The lowest BCUT2D eigenvalue weighted by atomic mass is 9.88. The molecule has 0 saturated carbocycles. The van der Waals surface area contributed by atoms with Crippen molar-refractivity contribution in [1.29, 1.82) is 0 Å². The van der Waals surface area contributed by atoms with Gasteiger partial charge in [-0.15, -0.1) is 11.3 Å². The number of anilines is 1. The van der Waals surface area contributed by atoms with Gasteiger partial charge in [-0.1, -0.05) is 19.1 Å². The van der Waals surface area contributed by atoms with Crippen molar-refractivity contribution in [2.24, 2.45) is 5.92 Å². The Labute approximate surface area is 172 Å². The molecule has 0 spiro atoms. The van der Waals surface area contributed by atoms with Crippen LogP contribution in [-0.2, 0) is 22.4 Å². The Morgan fingerprint density at radius 1 is 1.41 bits per heavy atom. The van der Waals surface area contributed by atoms with Gasteiger partial charge >= 0.3 is 5.97 Å². The second-order valence-electron chi connectivity index (χ2n) is 6.95. The third-order valence-corrected chi connectivity index (χ3v) is 5.91. The van der Waals surface area contributed by atoms with Gasteiger partial charge in [0.2, 0.25) is 5.91 Å². The lowest BCUT2D eigenvalue weighted by molar-refractivity contribution is -0.384. The fourth-order valence-corrected chi connectivity index (χ4v) is 4.73. The highest BCUT2D eigenvalue weighted by atomic mass is 32.1.